The van der Waals surface area contributed by atoms with Gasteiger partial charge in [0, 0.05) is 11.6 Å². The molecule has 0 aromatic heterocycles. The van der Waals surface area contributed by atoms with Gasteiger partial charge in [-0.2, -0.15) is 0 Å². The van der Waals surface area contributed by atoms with Gasteiger partial charge in [-0.25, -0.2) is 0 Å². The monoisotopic (exact) mass is 389 g/mol. The van der Waals surface area contributed by atoms with Crippen LogP contribution in [0, 0.1) is 0 Å². The van der Waals surface area contributed by atoms with Crippen LogP contribution in [0.25, 0.3) is 0 Å². The van der Waals surface area contributed by atoms with Crippen LogP contribution in [-0.4, -0.2) is 13.2 Å². The van der Waals surface area contributed by atoms with Crippen LogP contribution in [0.5, 0.6) is 11.5 Å². The number of halogens is 1. The van der Waals surface area contributed by atoms with Crippen LogP contribution in [0.1, 0.15) is 57.1 Å². The Hall–Kier alpha value is -1.71. The van der Waals surface area contributed by atoms with Crippen molar-refractivity contribution in [3.63, 3.8) is 0 Å². The Bertz CT molecular complexity index is 675. The molecule has 0 fully saturated rings. The predicted octanol–water partition coefficient (Wildman–Crippen LogP) is 6.38. The Morgan fingerprint density at radius 1 is 0.852 bits per heavy atom. The molecule has 0 saturated carbocycles. The smallest absolute Gasteiger partial charge is 0.161 e. The van der Waals surface area contributed by atoms with E-state index < -0.39 is 0 Å². The fraction of sp³-hybridized carbons (Fsp3) is 0.478. The number of ether oxygens (including phenoxy) is 2. The molecule has 4 heteroatoms. The lowest BCUT2D eigenvalue weighted by atomic mass is 10.1. The average molecular weight is 390 g/mol. The molecule has 0 heterocycles. The lowest BCUT2D eigenvalue weighted by Crippen LogP contribution is -2.14. The first-order valence-corrected chi connectivity index (χ1v) is 10.4. The SMILES string of the molecule is CCCCCCCNCc1ccc(OCc2cccc(Cl)c2)c(OCC)c1. The molecule has 0 unspecified atom stereocenters. The van der Waals surface area contributed by atoms with Gasteiger partial charge in [-0.15, -0.1) is 0 Å². The predicted molar refractivity (Wildman–Crippen MR) is 114 cm³/mol. The minimum absolute atomic E-state index is 0.468. The van der Waals surface area contributed by atoms with Crippen LogP contribution >= 0.6 is 11.6 Å². The first-order chi connectivity index (χ1) is 13.2. The van der Waals surface area contributed by atoms with Gasteiger partial charge in [0.05, 0.1) is 6.61 Å². The zero-order chi connectivity index (χ0) is 19.3. The van der Waals surface area contributed by atoms with Crippen LogP contribution in [0.3, 0.4) is 0 Å². The summed E-state index contributed by atoms with van der Waals surface area (Å²) in [5, 5.41) is 4.24. The Morgan fingerprint density at radius 2 is 1.70 bits per heavy atom. The van der Waals surface area contributed by atoms with Crippen molar-refractivity contribution in [3.8, 4) is 11.5 Å². The maximum absolute atomic E-state index is 6.04. The summed E-state index contributed by atoms with van der Waals surface area (Å²) in [7, 11) is 0. The van der Waals surface area contributed by atoms with E-state index in [2.05, 4.69) is 24.4 Å². The number of unbranched alkanes of at least 4 members (excludes halogenated alkanes) is 4. The molecule has 0 aliphatic heterocycles. The molecule has 1 N–H and O–H groups in total. The van der Waals surface area contributed by atoms with E-state index >= 15 is 0 Å². The highest BCUT2D eigenvalue weighted by Gasteiger charge is 2.07. The molecule has 148 valence electrons. The molecular weight excluding hydrogens is 358 g/mol. The second-order valence-corrected chi connectivity index (χ2v) is 7.16. The third-order valence-electron chi connectivity index (χ3n) is 4.38. The van der Waals surface area contributed by atoms with E-state index in [1.165, 1.54) is 37.7 Å². The number of hydrogen-bond donors (Lipinski definition) is 1. The van der Waals surface area contributed by atoms with E-state index in [9.17, 15) is 0 Å². The molecule has 2 aromatic rings. The van der Waals surface area contributed by atoms with Gasteiger partial charge in [0.15, 0.2) is 11.5 Å². The third kappa shape index (κ3) is 8.23. The second kappa shape index (κ2) is 12.6. The summed E-state index contributed by atoms with van der Waals surface area (Å²) in [5.74, 6) is 1.56. The van der Waals surface area contributed by atoms with Gasteiger partial charge in [0.25, 0.3) is 0 Å². The Balaban J connectivity index is 1.85. The molecule has 0 aliphatic rings. The lowest BCUT2D eigenvalue weighted by molar-refractivity contribution is 0.269. The minimum atomic E-state index is 0.468. The quantitative estimate of drug-likeness (QED) is 0.403. The van der Waals surface area contributed by atoms with Gasteiger partial charge < -0.3 is 14.8 Å². The van der Waals surface area contributed by atoms with E-state index in [1.54, 1.807) is 0 Å². The fourth-order valence-corrected chi connectivity index (χ4v) is 3.14. The molecule has 0 aliphatic carbocycles. The van der Waals surface area contributed by atoms with Crippen LogP contribution in [0.15, 0.2) is 42.5 Å². The highest BCUT2D eigenvalue weighted by atomic mass is 35.5. The standard InChI is InChI=1S/C23H32ClNO2/c1-3-5-6-7-8-14-25-17-19-12-13-22(23(16-19)26-4-2)27-18-20-10-9-11-21(24)15-20/h9-13,15-16,25H,3-8,14,17-18H2,1-2H3. The van der Waals surface area contributed by atoms with Crippen molar-refractivity contribution in [1.29, 1.82) is 0 Å². The molecule has 0 atom stereocenters. The Morgan fingerprint density at radius 3 is 2.48 bits per heavy atom. The van der Waals surface area contributed by atoms with Crippen molar-refractivity contribution in [2.45, 2.75) is 59.1 Å². The van der Waals surface area contributed by atoms with Crippen molar-refractivity contribution in [3.05, 3.63) is 58.6 Å². The largest absolute Gasteiger partial charge is 0.490 e. The molecule has 2 rings (SSSR count). The summed E-state index contributed by atoms with van der Waals surface area (Å²) in [5.41, 5.74) is 2.25. The van der Waals surface area contributed by atoms with E-state index in [-0.39, 0.29) is 0 Å². The van der Waals surface area contributed by atoms with E-state index in [4.69, 9.17) is 21.1 Å². The first kappa shape index (κ1) is 21.6. The summed E-state index contributed by atoms with van der Waals surface area (Å²) < 4.78 is 11.7. The van der Waals surface area contributed by atoms with Gasteiger partial charge in [-0.3, -0.25) is 0 Å². The van der Waals surface area contributed by atoms with Gasteiger partial charge in [0.1, 0.15) is 6.61 Å². The zero-order valence-corrected chi connectivity index (χ0v) is 17.4. The minimum Gasteiger partial charge on any atom is -0.490 e. The number of rotatable bonds is 13. The highest BCUT2D eigenvalue weighted by Crippen LogP contribution is 2.29. The van der Waals surface area contributed by atoms with E-state index in [0.29, 0.717) is 13.2 Å². The molecule has 27 heavy (non-hydrogen) atoms. The number of hydrogen-bond acceptors (Lipinski definition) is 3. The van der Waals surface area contributed by atoms with Crippen molar-refractivity contribution < 1.29 is 9.47 Å². The summed E-state index contributed by atoms with van der Waals surface area (Å²) >= 11 is 6.04. The molecular formula is C23H32ClNO2. The molecule has 0 radical (unpaired) electrons. The highest BCUT2D eigenvalue weighted by molar-refractivity contribution is 6.30. The van der Waals surface area contributed by atoms with Gasteiger partial charge in [-0.1, -0.05) is 62.4 Å². The summed E-state index contributed by atoms with van der Waals surface area (Å²) in [6, 6.07) is 13.9. The molecule has 2 aromatic carbocycles. The van der Waals surface area contributed by atoms with Gasteiger partial charge in [-0.05, 0) is 55.3 Å². The fourth-order valence-electron chi connectivity index (χ4n) is 2.92. The Kier molecular flexibility index (Phi) is 10.1. The van der Waals surface area contributed by atoms with E-state index in [0.717, 1.165) is 35.2 Å². The maximum atomic E-state index is 6.04. The second-order valence-electron chi connectivity index (χ2n) is 6.72. The van der Waals surface area contributed by atoms with Crippen LogP contribution < -0.4 is 14.8 Å². The molecule has 3 nitrogen and oxygen atoms in total. The van der Waals surface area contributed by atoms with Crippen LogP contribution in [-0.2, 0) is 13.2 Å². The van der Waals surface area contributed by atoms with Crippen molar-refractivity contribution in [1.82, 2.24) is 5.32 Å². The van der Waals surface area contributed by atoms with Gasteiger partial charge >= 0.3 is 0 Å². The summed E-state index contributed by atoms with van der Waals surface area (Å²) in [4.78, 5) is 0. The topological polar surface area (TPSA) is 30.5 Å². The maximum Gasteiger partial charge on any atom is 0.161 e. The van der Waals surface area contributed by atoms with E-state index in [1.807, 2.05) is 37.3 Å². The molecule has 0 saturated heterocycles. The molecule has 0 amide bonds. The third-order valence-corrected chi connectivity index (χ3v) is 4.61. The summed E-state index contributed by atoms with van der Waals surface area (Å²) in [6.07, 6.45) is 6.51. The number of benzene rings is 2. The average Bonchev–Trinajstić information content (AvgIpc) is 2.67. The Labute approximate surface area is 169 Å². The van der Waals surface area contributed by atoms with Gasteiger partial charge in [0.2, 0.25) is 0 Å². The zero-order valence-electron chi connectivity index (χ0n) is 16.6. The summed E-state index contributed by atoms with van der Waals surface area (Å²) in [6.45, 7) is 7.22. The molecule has 0 spiro atoms. The van der Waals surface area contributed by atoms with Crippen LogP contribution in [0.2, 0.25) is 5.02 Å². The van der Waals surface area contributed by atoms with Crippen LogP contribution in [0.4, 0.5) is 0 Å². The normalized spacial score (nSPS) is 10.8. The first-order valence-electron chi connectivity index (χ1n) is 10.1. The number of nitrogens with one attached hydrogen (secondary N) is 1. The van der Waals surface area contributed by atoms with Crippen molar-refractivity contribution in [2.24, 2.45) is 0 Å². The lowest BCUT2D eigenvalue weighted by Gasteiger charge is -2.14. The van der Waals surface area contributed by atoms with Crippen molar-refractivity contribution in [2.75, 3.05) is 13.2 Å². The van der Waals surface area contributed by atoms with Crippen molar-refractivity contribution >= 4 is 11.6 Å². The molecule has 0 bridgehead atoms.